The van der Waals surface area contributed by atoms with Crippen molar-refractivity contribution in [2.24, 2.45) is 0 Å². The molecule has 1 saturated heterocycles. The fourth-order valence-electron chi connectivity index (χ4n) is 2.34. The van der Waals surface area contributed by atoms with Crippen LogP contribution >= 0.6 is 0 Å². The lowest BCUT2D eigenvalue weighted by Gasteiger charge is -2.21. The number of nitrogens with zero attached hydrogens (tertiary/aromatic N) is 1. The molecule has 0 radical (unpaired) electrons. The first-order valence-corrected chi connectivity index (χ1v) is 7.11. The standard InChI is InChI=1S/C15H15N3O4/c1-2-13-16-10-7-8(3-5-11(10)22-13)14(20)17-9-4-6-12(19)18-15(9)21/h3,5,7,9H,2,4,6H2,1H3,(H,17,20)(H,18,19,21). The number of hydrogen-bond acceptors (Lipinski definition) is 5. The summed E-state index contributed by atoms with van der Waals surface area (Å²) in [4.78, 5) is 39.2. The molecule has 1 fully saturated rings. The number of aryl methyl sites for hydroxylation is 1. The van der Waals surface area contributed by atoms with Crippen molar-refractivity contribution in [2.75, 3.05) is 0 Å². The summed E-state index contributed by atoms with van der Waals surface area (Å²) >= 11 is 0. The van der Waals surface area contributed by atoms with Crippen molar-refractivity contribution in [1.29, 1.82) is 0 Å². The van der Waals surface area contributed by atoms with Crippen molar-refractivity contribution in [3.8, 4) is 0 Å². The lowest BCUT2D eigenvalue weighted by molar-refractivity contribution is -0.134. The van der Waals surface area contributed by atoms with Gasteiger partial charge in [0.05, 0.1) is 0 Å². The Morgan fingerprint density at radius 2 is 2.27 bits per heavy atom. The maximum absolute atomic E-state index is 12.2. The topological polar surface area (TPSA) is 101 Å². The van der Waals surface area contributed by atoms with Gasteiger partial charge in [0, 0.05) is 18.4 Å². The van der Waals surface area contributed by atoms with Gasteiger partial charge in [0.25, 0.3) is 5.91 Å². The molecule has 3 amide bonds. The fraction of sp³-hybridized carbons (Fsp3) is 0.333. The molecule has 0 bridgehead atoms. The van der Waals surface area contributed by atoms with Crippen molar-refractivity contribution >= 4 is 28.8 Å². The number of fused-ring (bicyclic) bond motifs is 1. The smallest absolute Gasteiger partial charge is 0.252 e. The second kappa shape index (κ2) is 5.59. The first-order chi connectivity index (χ1) is 10.6. The molecule has 0 spiro atoms. The van der Waals surface area contributed by atoms with Crippen LogP contribution in [0.15, 0.2) is 22.6 Å². The second-order valence-electron chi connectivity index (χ2n) is 5.12. The van der Waals surface area contributed by atoms with Gasteiger partial charge in [-0.2, -0.15) is 0 Å². The molecule has 1 atom stereocenters. The number of oxazole rings is 1. The Bertz CT molecular complexity index is 765. The number of carbonyl (C=O) groups excluding carboxylic acids is 3. The van der Waals surface area contributed by atoms with Crippen LogP contribution in [0.1, 0.15) is 36.0 Å². The normalized spacial score (nSPS) is 18.3. The summed E-state index contributed by atoms with van der Waals surface area (Å²) in [6.45, 7) is 1.93. The number of aromatic nitrogens is 1. The third kappa shape index (κ3) is 2.69. The molecule has 2 aromatic rings. The van der Waals surface area contributed by atoms with Crippen LogP contribution in [-0.4, -0.2) is 28.7 Å². The number of hydrogen-bond donors (Lipinski definition) is 2. The SMILES string of the molecule is CCc1nc2cc(C(=O)NC3CCC(=O)NC3=O)ccc2o1. The van der Waals surface area contributed by atoms with E-state index in [9.17, 15) is 14.4 Å². The minimum atomic E-state index is -0.690. The van der Waals surface area contributed by atoms with E-state index >= 15 is 0 Å². The predicted octanol–water partition coefficient (Wildman–Crippen LogP) is 0.925. The van der Waals surface area contributed by atoms with E-state index in [-0.39, 0.29) is 18.2 Å². The van der Waals surface area contributed by atoms with Crippen LogP contribution in [0.4, 0.5) is 0 Å². The number of nitrogens with one attached hydrogen (secondary N) is 2. The van der Waals surface area contributed by atoms with E-state index in [1.54, 1.807) is 18.2 Å². The molecule has 1 aliphatic heterocycles. The van der Waals surface area contributed by atoms with Gasteiger partial charge in [-0.05, 0) is 24.6 Å². The van der Waals surface area contributed by atoms with E-state index < -0.39 is 11.9 Å². The molecule has 1 aromatic carbocycles. The maximum Gasteiger partial charge on any atom is 0.252 e. The van der Waals surface area contributed by atoms with E-state index in [0.717, 1.165) is 0 Å². The third-order valence-electron chi connectivity index (χ3n) is 3.54. The lowest BCUT2D eigenvalue weighted by Crippen LogP contribution is -2.52. The second-order valence-corrected chi connectivity index (χ2v) is 5.12. The molecular weight excluding hydrogens is 286 g/mol. The molecule has 1 unspecified atom stereocenters. The summed E-state index contributed by atoms with van der Waals surface area (Å²) in [5, 5.41) is 4.84. The summed E-state index contributed by atoms with van der Waals surface area (Å²) in [6, 6.07) is 4.23. The highest BCUT2D eigenvalue weighted by Crippen LogP contribution is 2.18. The summed E-state index contributed by atoms with van der Waals surface area (Å²) in [5.41, 5.74) is 1.62. The lowest BCUT2D eigenvalue weighted by atomic mass is 10.1. The molecule has 0 saturated carbocycles. The average molecular weight is 301 g/mol. The first-order valence-electron chi connectivity index (χ1n) is 7.11. The van der Waals surface area contributed by atoms with E-state index in [1.807, 2.05) is 6.92 Å². The Hall–Kier alpha value is -2.70. The number of rotatable bonds is 3. The largest absolute Gasteiger partial charge is 0.441 e. The van der Waals surface area contributed by atoms with Gasteiger partial charge >= 0.3 is 0 Å². The van der Waals surface area contributed by atoms with Crippen molar-refractivity contribution in [1.82, 2.24) is 15.6 Å². The monoisotopic (exact) mass is 301 g/mol. The molecule has 0 aliphatic carbocycles. The van der Waals surface area contributed by atoms with Crippen molar-refractivity contribution in [3.05, 3.63) is 29.7 Å². The zero-order valence-corrected chi connectivity index (χ0v) is 12.0. The van der Waals surface area contributed by atoms with Crippen LogP contribution in [0.2, 0.25) is 0 Å². The van der Waals surface area contributed by atoms with E-state index in [1.165, 1.54) is 0 Å². The van der Waals surface area contributed by atoms with Crippen molar-refractivity contribution in [2.45, 2.75) is 32.2 Å². The molecule has 7 nitrogen and oxygen atoms in total. The zero-order chi connectivity index (χ0) is 15.7. The predicted molar refractivity (Wildman–Crippen MR) is 77.0 cm³/mol. The third-order valence-corrected chi connectivity index (χ3v) is 3.54. The molecule has 7 heteroatoms. The van der Waals surface area contributed by atoms with Crippen LogP contribution in [0.5, 0.6) is 0 Å². The number of carbonyl (C=O) groups is 3. The highest BCUT2D eigenvalue weighted by Gasteiger charge is 2.28. The van der Waals surface area contributed by atoms with Gasteiger partial charge in [0.2, 0.25) is 11.8 Å². The fourth-order valence-corrected chi connectivity index (χ4v) is 2.34. The van der Waals surface area contributed by atoms with Gasteiger partial charge in [-0.25, -0.2) is 4.98 Å². The molecule has 2 N–H and O–H groups in total. The minimum absolute atomic E-state index is 0.221. The number of amides is 3. The van der Waals surface area contributed by atoms with Crippen molar-refractivity contribution in [3.63, 3.8) is 0 Å². The van der Waals surface area contributed by atoms with Gasteiger partial charge in [-0.15, -0.1) is 0 Å². The Balaban J connectivity index is 1.77. The van der Waals surface area contributed by atoms with E-state index in [2.05, 4.69) is 15.6 Å². The highest BCUT2D eigenvalue weighted by molar-refractivity contribution is 6.04. The van der Waals surface area contributed by atoms with Crippen LogP contribution in [0.25, 0.3) is 11.1 Å². The Kier molecular flexibility index (Phi) is 3.62. The van der Waals surface area contributed by atoms with Crippen LogP contribution in [-0.2, 0) is 16.0 Å². The summed E-state index contributed by atoms with van der Waals surface area (Å²) < 4.78 is 5.49. The van der Waals surface area contributed by atoms with Crippen LogP contribution < -0.4 is 10.6 Å². The number of benzene rings is 1. The molecule has 22 heavy (non-hydrogen) atoms. The number of piperidine rings is 1. The Labute approximate surface area is 126 Å². The Morgan fingerprint density at radius 1 is 1.45 bits per heavy atom. The maximum atomic E-state index is 12.2. The minimum Gasteiger partial charge on any atom is -0.441 e. The van der Waals surface area contributed by atoms with Crippen LogP contribution in [0.3, 0.4) is 0 Å². The van der Waals surface area contributed by atoms with Crippen molar-refractivity contribution < 1.29 is 18.8 Å². The molecule has 2 heterocycles. The summed E-state index contributed by atoms with van der Waals surface area (Å²) in [6.07, 6.45) is 1.20. The summed E-state index contributed by atoms with van der Waals surface area (Å²) in [5.74, 6) is -0.554. The molecule has 114 valence electrons. The van der Waals surface area contributed by atoms with Gasteiger partial charge < -0.3 is 9.73 Å². The van der Waals surface area contributed by atoms with Gasteiger partial charge in [-0.3, -0.25) is 19.7 Å². The number of imide groups is 1. The van der Waals surface area contributed by atoms with E-state index in [4.69, 9.17) is 4.42 Å². The molecule has 1 aliphatic rings. The van der Waals surface area contributed by atoms with E-state index in [0.29, 0.717) is 35.4 Å². The average Bonchev–Trinajstić information content (AvgIpc) is 2.92. The quantitative estimate of drug-likeness (QED) is 0.821. The van der Waals surface area contributed by atoms with Gasteiger partial charge in [0.15, 0.2) is 11.5 Å². The molecule has 1 aromatic heterocycles. The first kappa shape index (κ1) is 14.2. The van der Waals surface area contributed by atoms with Gasteiger partial charge in [-0.1, -0.05) is 6.92 Å². The highest BCUT2D eigenvalue weighted by atomic mass is 16.3. The van der Waals surface area contributed by atoms with Crippen LogP contribution in [0, 0.1) is 0 Å². The summed E-state index contributed by atoms with van der Waals surface area (Å²) in [7, 11) is 0. The van der Waals surface area contributed by atoms with Gasteiger partial charge in [0.1, 0.15) is 11.6 Å². The molecular formula is C15H15N3O4. The molecule has 3 rings (SSSR count). The Morgan fingerprint density at radius 3 is 3.00 bits per heavy atom. The zero-order valence-electron chi connectivity index (χ0n) is 12.0.